The number of aromatic nitrogens is 1. The molecule has 0 spiro atoms. The van der Waals surface area contributed by atoms with Crippen LogP contribution >= 0.6 is 0 Å². The van der Waals surface area contributed by atoms with Crippen molar-refractivity contribution in [3.63, 3.8) is 0 Å². The smallest absolute Gasteiger partial charge is 0.142 e. The molecule has 0 radical (unpaired) electrons. The SMILES string of the molecule is Bc1cnc(CO)c(OCC)c1. The van der Waals surface area contributed by atoms with Crippen LogP contribution in [0.5, 0.6) is 5.75 Å². The van der Waals surface area contributed by atoms with Crippen molar-refractivity contribution in [2.24, 2.45) is 0 Å². The van der Waals surface area contributed by atoms with Crippen LogP contribution in [0.25, 0.3) is 0 Å². The van der Waals surface area contributed by atoms with Gasteiger partial charge >= 0.3 is 0 Å². The summed E-state index contributed by atoms with van der Waals surface area (Å²) < 4.78 is 5.29. The van der Waals surface area contributed by atoms with E-state index in [1.54, 1.807) is 6.20 Å². The number of hydrogen-bond donors (Lipinski definition) is 1. The summed E-state index contributed by atoms with van der Waals surface area (Å²) >= 11 is 0. The molecule has 0 aromatic carbocycles. The van der Waals surface area contributed by atoms with Crippen molar-refractivity contribution in [2.75, 3.05) is 6.61 Å². The lowest BCUT2D eigenvalue weighted by molar-refractivity contribution is 0.261. The summed E-state index contributed by atoms with van der Waals surface area (Å²) in [5.74, 6) is 0.681. The Morgan fingerprint density at radius 3 is 3.00 bits per heavy atom. The molecular weight excluding hydrogens is 153 g/mol. The van der Waals surface area contributed by atoms with Gasteiger partial charge in [-0.25, -0.2) is 0 Å². The number of hydrogen-bond acceptors (Lipinski definition) is 3. The Kier molecular flexibility index (Phi) is 3.11. The summed E-state index contributed by atoms with van der Waals surface area (Å²) in [5, 5.41) is 8.89. The van der Waals surface area contributed by atoms with E-state index in [1.807, 2.05) is 20.8 Å². The molecule has 0 amide bonds. The van der Waals surface area contributed by atoms with Crippen LogP contribution in [0.15, 0.2) is 12.3 Å². The van der Waals surface area contributed by atoms with E-state index in [4.69, 9.17) is 9.84 Å². The van der Waals surface area contributed by atoms with Crippen LogP contribution in [0, 0.1) is 0 Å². The van der Waals surface area contributed by atoms with Gasteiger partial charge in [0.2, 0.25) is 0 Å². The lowest BCUT2D eigenvalue weighted by Gasteiger charge is -2.07. The summed E-state index contributed by atoms with van der Waals surface area (Å²) in [5.41, 5.74) is 1.64. The zero-order valence-electron chi connectivity index (χ0n) is 7.37. The highest BCUT2D eigenvalue weighted by molar-refractivity contribution is 6.32. The van der Waals surface area contributed by atoms with Crippen molar-refractivity contribution in [1.82, 2.24) is 4.98 Å². The molecule has 3 nitrogen and oxygen atoms in total. The molecular formula is C8H12BNO2. The predicted octanol–water partition coefficient (Wildman–Crippen LogP) is -0.769. The maximum absolute atomic E-state index is 8.89. The van der Waals surface area contributed by atoms with Crippen LogP contribution < -0.4 is 10.2 Å². The molecule has 0 fully saturated rings. The minimum Gasteiger partial charge on any atom is -0.492 e. The third-order valence-corrected chi connectivity index (χ3v) is 1.52. The molecule has 0 aliphatic heterocycles. The number of aliphatic hydroxyl groups excluding tert-OH is 1. The maximum atomic E-state index is 8.89. The fourth-order valence-electron chi connectivity index (χ4n) is 0.970. The Bertz CT molecular complexity index is 265. The van der Waals surface area contributed by atoms with Gasteiger partial charge in [0.1, 0.15) is 19.3 Å². The van der Waals surface area contributed by atoms with Crippen molar-refractivity contribution in [1.29, 1.82) is 0 Å². The first kappa shape index (κ1) is 9.07. The fourth-order valence-corrected chi connectivity index (χ4v) is 0.970. The topological polar surface area (TPSA) is 42.4 Å². The third kappa shape index (κ3) is 1.98. The molecule has 12 heavy (non-hydrogen) atoms. The van der Waals surface area contributed by atoms with Gasteiger partial charge < -0.3 is 9.84 Å². The van der Waals surface area contributed by atoms with E-state index in [1.165, 1.54) is 0 Å². The number of aliphatic hydroxyl groups is 1. The Morgan fingerprint density at radius 1 is 1.67 bits per heavy atom. The van der Waals surface area contributed by atoms with E-state index in [-0.39, 0.29) is 6.61 Å². The zero-order valence-corrected chi connectivity index (χ0v) is 7.37. The number of pyridine rings is 1. The Morgan fingerprint density at radius 2 is 2.42 bits per heavy atom. The van der Waals surface area contributed by atoms with Crippen LogP contribution in [-0.2, 0) is 6.61 Å². The van der Waals surface area contributed by atoms with Crippen molar-refractivity contribution in [3.8, 4) is 5.75 Å². The molecule has 1 N–H and O–H groups in total. The Hall–Kier alpha value is -1.03. The van der Waals surface area contributed by atoms with Crippen LogP contribution in [0.1, 0.15) is 12.6 Å². The molecule has 0 atom stereocenters. The molecule has 1 aromatic rings. The Labute approximate surface area is 72.8 Å². The summed E-state index contributed by atoms with van der Waals surface area (Å²) in [6.07, 6.45) is 1.72. The van der Waals surface area contributed by atoms with Crippen molar-refractivity contribution in [3.05, 3.63) is 18.0 Å². The van der Waals surface area contributed by atoms with Crippen LogP contribution in [-0.4, -0.2) is 24.5 Å². The molecule has 0 unspecified atom stereocenters. The summed E-state index contributed by atoms with van der Waals surface area (Å²) in [7, 11) is 1.94. The van der Waals surface area contributed by atoms with Gasteiger partial charge in [0.15, 0.2) is 0 Å². The van der Waals surface area contributed by atoms with Gasteiger partial charge in [0, 0.05) is 6.20 Å². The van der Waals surface area contributed by atoms with Gasteiger partial charge in [-0.2, -0.15) is 0 Å². The van der Waals surface area contributed by atoms with E-state index in [0.29, 0.717) is 18.1 Å². The third-order valence-electron chi connectivity index (χ3n) is 1.52. The van der Waals surface area contributed by atoms with Gasteiger partial charge in [-0.05, 0) is 13.0 Å². The number of nitrogens with zero attached hydrogens (tertiary/aromatic N) is 1. The molecule has 1 aromatic heterocycles. The van der Waals surface area contributed by atoms with Crippen LogP contribution in [0.2, 0.25) is 0 Å². The largest absolute Gasteiger partial charge is 0.492 e. The average molecular weight is 165 g/mol. The molecule has 4 heteroatoms. The quantitative estimate of drug-likeness (QED) is 0.598. The second kappa shape index (κ2) is 4.11. The maximum Gasteiger partial charge on any atom is 0.142 e. The molecule has 0 saturated carbocycles. The van der Waals surface area contributed by atoms with Gasteiger partial charge in [-0.1, -0.05) is 5.46 Å². The standard InChI is InChI=1S/C8H12BNO2/c1-2-12-8-3-6(9)4-10-7(8)5-11/h3-4,11H,2,5,9H2,1H3. The fraction of sp³-hybridized carbons (Fsp3) is 0.375. The first-order valence-electron chi connectivity index (χ1n) is 3.97. The van der Waals surface area contributed by atoms with E-state index in [2.05, 4.69) is 4.98 Å². The highest BCUT2D eigenvalue weighted by atomic mass is 16.5. The zero-order chi connectivity index (χ0) is 8.97. The normalized spacial score (nSPS) is 9.83. The van der Waals surface area contributed by atoms with Crippen molar-refractivity contribution >= 4 is 13.3 Å². The average Bonchev–Trinajstić information content (AvgIpc) is 2.05. The highest BCUT2D eigenvalue weighted by Gasteiger charge is 2.02. The number of rotatable bonds is 3. The van der Waals surface area contributed by atoms with Gasteiger partial charge in [0.25, 0.3) is 0 Å². The molecule has 1 heterocycles. The lowest BCUT2D eigenvalue weighted by atomic mass is 9.98. The molecule has 64 valence electrons. The van der Waals surface area contributed by atoms with Gasteiger partial charge in [0.05, 0.1) is 13.2 Å². The summed E-state index contributed by atoms with van der Waals surface area (Å²) in [6.45, 7) is 2.43. The van der Waals surface area contributed by atoms with E-state index in [0.717, 1.165) is 5.46 Å². The summed E-state index contributed by atoms with van der Waals surface area (Å²) in [6, 6.07) is 1.88. The number of ether oxygens (including phenoxy) is 1. The van der Waals surface area contributed by atoms with Crippen LogP contribution in [0.3, 0.4) is 0 Å². The van der Waals surface area contributed by atoms with Gasteiger partial charge in [-0.3, -0.25) is 4.98 Å². The first-order valence-corrected chi connectivity index (χ1v) is 3.97. The highest BCUT2D eigenvalue weighted by Crippen LogP contribution is 2.13. The summed E-state index contributed by atoms with van der Waals surface area (Å²) in [4.78, 5) is 4.04. The van der Waals surface area contributed by atoms with E-state index in [9.17, 15) is 0 Å². The van der Waals surface area contributed by atoms with Crippen molar-refractivity contribution < 1.29 is 9.84 Å². The second-order valence-corrected chi connectivity index (χ2v) is 2.55. The Balaban J connectivity index is 2.95. The van der Waals surface area contributed by atoms with Crippen LogP contribution in [0.4, 0.5) is 0 Å². The lowest BCUT2D eigenvalue weighted by Crippen LogP contribution is -2.08. The predicted molar refractivity (Wildman–Crippen MR) is 49.5 cm³/mol. The first-order chi connectivity index (χ1) is 5.77. The van der Waals surface area contributed by atoms with Crippen molar-refractivity contribution in [2.45, 2.75) is 13.5 Å². The molecule has 0 bridgehead atoms. The minimum atomic E-state index is -0.0738. The molecule has 1 rings (SSSR count). The second-order valence-electron chi connectivity index (χ2n) is 2.55. The molecule has 0 aliphatic rings. The van der Waals surface area contributed by atoms with E-state index >= 15 is 0 Å². The van der Waals surface area contributed by atoms with E-state index < -0.39 is 0 Å². The molecule has 0 aliphatic carbocycles. The molecule has 0 saturated heterocycles. The monoisotopic (exact) mass is 165 g/mol. The van der Waals surface area contributed by atoms with Gasteiger partial charge in [-0.15, -0.1) is 0 Å². The minimum absolute atomic E-state index is 0.0738.